The fraction of sp³-hybridized carbons (Fsp3) is 0.560. The number of nitrogens with one attached hydrogen (secondary N) is 2. The summed E-state index contributed by atoms with van der Waals surface area (Å²) in [4.78, 5) is 25.9. The predicted molar refractivity (Wildman–Crippen MR) is 134 cm³/mol. The molecule has 2 heterocycles. The SMILES string of the molecule is COC(=O)c1cc(N2CC(C)O[C@@H](C)C2)ccc1NC(=O)CCC(F)(F)F.FC(F)(F)c1n[nH]c(C2CC2)c1Cl. The molecule has 1 aromatic heterocycles. The van der Waals surface area contributed by atoms with Crippen LogP contribution >= 0.6 is 11.6 Å². The Bertz CT molecular complexity index is 1190. The fourth-order valence-electron chi connectivity index (χ4n) is 4.15. The second kappa shape index (κ2) is 12.7. The number of hydrogen-bond donors (Lipinski definition) is 2. The van der Waals surface area contributed by atoms with Crippen molar-refractivity contribution in [3.63, 3.8) is 0 Å². The van der Waals surface area contributed by atoms with Gasteiger partial charge in [-0.1, -0.05) is 11.6 Å². The lowest BCUT2D eigenvalue weighted by atomic mass is 10.1. The van der Waals surface area contributed by atoms with Crippen LogP contribution in [0, 0.1) is 0 Å². The van der Waals surface area contributed by atoms with E-state index in [9.17, 15) is 35.9 Å². The number of H-pyrrole nitrogens is 1. The molecule has 2 aromatic rings. The molecule has 1 unspecified atom stereocenters. The maximum atomic E-state index is 12.3. The smallest absolute Gasteiger partial charge is 0.436 e. The highest BCUT2D eigenvalue weighted by atomic mass is 35.5. The highest BCUT2D eigenvalue weighted by Gasteiger charge is 2.40. The van der Waals surface area contributed by atoms with Crippen molar-refractivity contribution >= 4 is 34.9 Å². The topological polar surface area (TPSA) is 96.6 Å². The summed E-state index contributed by atoms with van der Waals surface area (Å²) < 4.78 is 83.8. The summed E-state index contributed by atoms with van der Waals surface area (Å²) in [6.45, 7) is 5.14. The first kappa shape index (κ1) is 31.5. The van der Waals surface area contributed by atoms with Gasteiger partial charge < -0.3 is 19.7 Å². The number of nitrogens with zero attached hydrogens (tertiary/aromatic N) is 2. The summed E-state index contributed by atoms with van der Waals surface area (Å²) >= 11 is 5.53. The van der Waals surface area contributed by atoms with Gasteiger partial charge in [0.2, 0.25) is 5.91 Å². The molecule has 2 N–H and O–H groups in total. The number of aromatic amines is 1. The molecule has 2 atom stereocenters. The lowest BCUT2D eigenvalue weighted by Crippen LogP contribution is -2.45. The first-order valence-electron chi connectivity index (χ1n) is 12.4. The number of esters is 1. The van der Waals surface area contributed by atoms with Crippen LogP contribution in [0.1, 0.15) is 67.2 Å². The van der Waals surface area contributed by atoms with Gasteiger partial charge in [0.05, 0.1) is 47.7 Å². The summed E-state index contributed by atoms with van der Waals surface area (Å²) in [7, 11) is 1.20. The Morgan fingerprint density at radius 3 is 2.27 bits per heavy atom. The Morgan fingerprint density at radius 1 is 1.15 bits per heavy atom. The molecule has 2 aliphatic rings. The molecule has 1 saturated heterocycles. The Labute approximate surface area is 231 Å². The minimum atomic E-state index is -4.46. The van der Waals surface area contributed by atoms with E-state index >= 15 is 0 Å². The van der Waals surface area contributed by atoms with Gasteiger partial charge in [-0.15, -0.1) is 0 Å². The van der Waals surface area contributed by atoms with E-state index in [0.717, 1.165) is 18.5 Å². The number of aromatic nitrogens is 2. The Kier molecular flexibility index (Phi) is 9.99. The quantitative estimate of drug-likeness (QED) is 0.298. The van der Waals surface area contributed by atoms with Crippen LogP contribution in [0.2, 0.25) is 5.02 Å². The molecule has 0 bridgehead atoms. The number of methoxy groups -OCH3 is 1. The summed E-state index contributed by atoms with van der Waals surface area (Å²) in [6.07, 6.45) is -9.03. The van der Waals surface area contributed by atoms with Gasteiger partial charge in [0.15, 0.2) is 5.69 Å². The molecule has 0 radical (unpaired) electrons. The van der Waals surface area contributed by atoms with Crippen molar-refractivity contribution in [3.8, 4) is 0 Å². The van der Waals surface area contributed by atoms with Crippen LogP contribution < -0.4 is 10.2 Å². The summed E-state index contributed by atoms with van der Waals surface area (Å²) in [5.74, 6) is -1.35. The number of carbonyl (C=O) groups is 2. The molecule has 1 amide bonds. The van der Waals surface area contributed by atoms with Crippen molar-refractivity contribution in [2.45, 2.75) is 70.0 Å². The number of carbonyl (C=O) groups excluding carboxylic acids is 2. The van der Waals surface area contributed by atoms with Crippen LogP contribution in [0.5, 0.6) is 0 Å². The van der Waals surface area contributed by atoms with E-state index in [-0.39, 0.29) is 34.4 Å². The molecule has 40 heavy (non-hydrogen) atoms. The molecule has 1 aromatic carbocycles. The van der Waals surface area contributed by atoms with Crippen LogP contribution in [0.25, 0.3) is 0 Å². The van der Waals surface area contributed by atoms with Crippen molar-refractivity contribution < 1.29 is 45.4 Å². The number of rotatable bonds is 6. The zero-order chi connectivity index (χ0) is 29.8. The van der Waals surface area contributed by atoms with E-state index in [4.69, 9.17) is 21.1 Å². The molecule has 8 nitrogen and oxygen atoms in total. The number of halogens is 7. The largest absolute Gasteiger partial charge is 0.465 e. The monoisotopic (exact) mass is 598 g/mol. The molecule has 1 saturated carbocycles. The number of amides is 1. The molecule has 1 aliphatic carbocycles. The molecular weight excluding hydrogens is 570 g/mol. The van der Waals surface area contributed by atoms with Crippen molar-refractivity contribution in [1.29, 1.82) is 0 Å². The number of alkyl halides is 6. The van der Waals surface area contributed by atoms with E-state index in [0.29, 0.717) is 18.8 Å². The number of benzene rings is 1. The third-order valence-electron chi connectivity index (χ3n) is 6.09. The van der Waals surface area contributed by atoms with Gasteiger partial charge in [-0.25, -0.2) is 4.79 Å². The second-order valence-electron chi connectivity index (χ2n) is 9.62. The summed E-state index contributed by atoms with van der Waals surface area (Å²) in [5.41, 5.74) is 0.366. The molecular formula is C25H29ClF6N4O4. The van der Waals surface area contributed by atoms with Gasteiger partial charge in [-0.3, -0.25) is 9.89 Å². The van der Waals surface area contributed by atoms with Crippen LogP contribution in [-0.2, 0) is 20.4 Å². The molecule has 4 rings (SSSR count). The number of anilines is 2. The van der Waals surface area contributed by atoms with Gasteiger partial charge >= 0.3 is 18.3 Å². The van der Waals surface area contributed by atoms with E-state index < -0.39 is 42.8 Å². The van der Waals surface area contributed by atoms with Crippen molar-refractivity contribution in [2.24, 2.45) is 0 Å². The lowest BCUT2D eigenvalue weighted by Gasteiger charge is -2.37. The number of morpholine rings is 1. The predicted octanol–water partition coefficient (Wildman–Crippen LogP) is 6.33. The molecule has 0 spiro atoms. The average molecular weight is 599 g/mol. The Balaban J connectivity index is 0.000000281. The Hall–Kier alpha value is -3.00. The Morgan fingerprint density at radius 2 is 1.77 bits per heavy atom. The van der Waals surface area contributed by atoms with E-state index in [1.165, 1.54) is 13.2 Å². The highest BCUT2D eigenvalue weighted by molar-refractivity contribution is 6.32. The summed E-state index contributed by atoms with van der Waals surface area (Å²) in [6, 6.07) is 4.77. The van der Waals surface area contributed by atoms with E-state index in [2.05, 4.69) is 15.5 Å². The standard InChI is InChI=1S/C18H23F3N2O4.C7H6ClF3N2/c1-11-9-23(10-12(2)27-11)13-4-5-15(14(8-13)17(25)26-3)22-16(24)6-7-18(19,20)21;8-4-5(3-1-2-3)12-13-6(4)7(9,10)11/h4-5,8,11-12H,6-7,9-10H2,1-3H3,(H,22,24);3H,1-2H2,(H,12,13)/t11-,12?;/m0./s1. The molecule has 1 aliphatic heterocycles. The maximum absolute atomic E-state index is 12.3. The third-order valence-corrected chi connectivity index (χ3v) is 6.47. The molecule has 2 fully saturated rings. The number of ether oxygens (including phenoxy) is 2. The zero-order valence-corrected chi connectivity index (χ0v) is 22.6. The first-order chi connectivity index (χ1) is 18.6. The van der Waals surface area contributed by atoms with Crippen LogP contribution in [0.15, 0.2) is 18.2 Å². The van der Waals surface area contributed by atoms with E-state index in [1.54, 1.807) is 12.1 Å². The van der Waals surface area contributed by atoms with Crippen LogP contribution in [0.4, 0.5) is 37.7 Å². The maximum Gasteiger partial charge on any atom is 0.436 e. The second-order valence-corrected chi connectivity index (χ2v) is 10.00. The molecule has 222 valence electrons. The van der Waals surface area contributed by atoms with Crippen LogP contribution in [-0.4, -0.2) is 60.7 Å². The lowest BCUT2D eigenvalue weighted by molar-refractivity contribution is -0.142. The minimum Gasteiger partial charge on any atom is -0.465 e. The zero-order valence-electron chi connectivity index (χ0n) is 21.9. The number of hydrogen-bond acceptors (Lipinski definition) is 6. The van der Waals surface area contributed by atoms with Gasteiger partial charge in [0, 0.05) is 31.1 Å². The van der Waals surface area contributed by atoms with E-state index in [1.807, 2.05) is 18.7 Å². The normalized spacial score (nSPS) is 19.5. The van der Waals surface area contributed by atoms with Gasteiger partial charge in [-0.2, -0.15) is 31.4 Å². The fourth-order valence-corrected chi connectivity index (χ4v) is 4.49. The minimum absolute atomic E-state index is 0.0112. The van der Waals surface area contributed by atoms with Crippen molar-refractivity contribution in [2.75, 3.05) is 30.4 Å². The van der Waals surface area contributed by atoms with Crippen molar-refractivity contribution in [1.82, 2.24) is 10.2 Å². The van der Waals surface area contributed by atoms with Gasteiger partial charge in [-0.05, 0) is 44.9 Å². The van der Waals surface area contributed by atoms with Crippen LogP contribution in [0.3, 0.4) is 0 Å². The van der Waals surface area contributed by atoms with Gasteiger partial charge in [0.1, 0.15) is 0 Å². The van der Waals surface area contributed by atoms with Crippen molar-refractivity contribution in [3.05, 3.63) is 40.2 Å². The summed E-state index contributed by atoms with van der Waals surface area (Å²) in [5, 5.41) is 7.60. The average Bonchev–Trinajstić information content (AvgIpc) is 3.61. The van der Waals surface area contributed by atoms with Gasteiger partial charge in [0.25, 0.3) is 0 Å². The third kappa shape index (κ3) is 8.75. The molecule has 15 heteroatoms. The highest BCUT2D eigenvalue weighted by Crippen LogP contribution is 2.45. The first-order valence-corrected chi connectivity index (χ1v) is 12.8.